The van der Waals surface area contributed by atoms with E-state index in [0.717, 1.165) is 25.7 Å². The van der Waals surface area contributed by atoms with Crippen molar-refractivity contribution in [1.82, 2.24) is 4.90 Å². The predicted octanol–water partition coefficient (Wildman–Crippen LogP) is 2.18. The molecule has 0 bridgehead atoms. The monoisotopic (exact) mass is 248 g/mol. The first-order valence-corrected chi connectivity index (χ1v) is 5.92. The SMILES string of the molecule is CC(C)N(C)C(=O)C1CCCCC1(C)N.Cl. The van der Waals surface area contributed by atoms with Crippen molar-refractivity contribution < 1.29 is 4.79 Å². The van der Waals surface area contributed by atoms with Gasteiger partial charge in [0.05, 0.1) is 5.92 Å². The van der Waals surface area contributed by atoms with Gasteiger partial charge < -0.3 is 10.6 Å². The Kier molecular flexibility index (Phi) is 5.77. The number of carbonyl (C=O) groups excluding carboxylic acids is 1. The van der Waals surface area contributed by atoms with Gasteiger partial charge in [0.15, 0.2) is 0 Å². The Bertz CT molecular complexity index is 241. The van der Waals surface area contributed by atoms with Gasteiger partial charge in [-0.05, 0) is 33.6 Å². The zero-order valence-corrected chi connectivity index (χ0v) is 11.6. The quantitative estimate of drug-likeness (QED) is 0.814. The first-order chi connectivity index (χ1) is 6.86. The zero-order valence-electron chi connectivity index (χ0n) is 10.8. The molecule has 0 aromatic rings. The molecule has 0 saturated heterocycles. The fourth-order valence-electron chi connectivity index (χ4n) is 2.26. The van der Waals surface area contributed by atoms with Gasteiger partial charge in [0.1, 0.15) is 0 Å². The van der Waals surface area contributed by atoms with E-state index in [4.69, 9.17) is 5.73 Å². The number of amides is 1. The number of nitrogens with zero attached hydrogens (tertiary/aromatic N) is 1. The highest BCUT2D eigenvalue weighted by Gasteiger charge is 2.39. The molecule has 0 aromatic carbocycles. The maximum Gasteiger partial charge on any atom is 0.227 e. The average Bonchev–Trinajstić information content (AvgIpc) is 2.15. The van der Waals surface area contributed by atoms with Crippen molar-refractivity contribution in [3.8, 4) is 0 Å². The van der Waals surface area contributed by atoms with Gasteiger partial charge >= 0.3 is 0 Å². The van der Waals surface area contributed by atoms with Crippen LogP contribution in [-0.2, 0) is 4.79 Å². The molecule has 1 aliphatic rings. The van der Waals surface area contributed by atoms with Crippen LogP contribution in [0.1, 0.15) is 46.5 Å². The number of hydrogen-bond acceptors (Lipinski definition) is 2. The molecule has 2 atom stereocenters. The third-order valence-electron chi connectivity index (χ3n) is 3.67. The van der Waals surface area contributed by atoms with Crippen molar-refractivity contribution in [1.29, 1.82) is 0 Å². The van der Waals surface area contributed by atoms with E-state index < -0.39 is 0 Å². The molecule has 0 spiro atoms. The van der Waals surface area contributed by atoms with Crippen molar-refractivity contribution in [3.05, 3.63) is 0 Å². The molecule has 0 heterocycles. The molecule has 0 radical (unpaired) electrons. The third kappa shape index (κ3) is 3.36. The van der Waals surface area contributed by atoms with Gasteiger partial charge in [0.25, 0.3) is 0 Å². The largest absolute Gasteiger partial charge is 0.343 e. The molecule has 3 nitrogen and oxygen atoms in total. The Hall–Kier alpha value is -0.280. The molecule has 1 saturated carbocycles. The van der Waals surface area contributed by atoms with E-state index in [9.17, 15) is 4.79 Å². The van der Waals surface area contributed by atoms with Gasteiger partial charge in [0.2, 0.25) is 5.91 Å². The van der Waals surface area contributed by atoms with E-state index in [1.165, 1.54) is 0 Å². The first kappa shape index (κ1) is 15.7. The van der Waals surface area contributed by atoms with Crippen LogP contribution in [0.15, 0.2) is 0 Å². The molecule has 96 valence electrons. The Labute approximate surface area is 105 Å². The summed E-state index contributed by atoms with van der Waals surface area (Å²) in [5.74, 6) is 0.230. The van der Waals surface area contributed by atoms with Crippen molar-refractivity contribution in [2.75, 3.05) is 7.05 Å². The van der Waals surface area contributed by atoms with Crippen molar-refractivity contribution in [2.24, 2.45) is 11.7 Å². The van der Waals surface area contributed by atoms with E-state index in [1.54, 1.807) is 0 Å². The van der Waals surface area contributed by atoms with E-state index in [0.29, 0.717) is 0 Å². The third-order valence-corrected chi connectivity index (χ3v) is 3.67. The topological polar surface area (TPSA) is 46.3 Å². The molecule has 0 aliphatic heterocycles. The number of halogens is 1. The fraction of sp³-hybridized carbons (Fsp3) is 0.917. The van der Waals surface area contributed by atoms with Gasteiger partial charge in [-0.2, -0.15) is 0 Å². The maximum atomic E-state index is 12.2. The summed E-state index contributed by atoms with van der Waals surface area (Å²) in [5, 5.41) is 0. The number of nitrogens with two attached hydrogens (primary N) is 1. The average molecular weight is 249 g/mol. The minimum atomic E-state index is -0.307. The Morgan fingerprint density at radius 3 is 2.44 bits per heavy atom. The molecular weight excluding hydrogens is 224 g/mol. The van der Waals surface area contributed by atoms with E-state index in [-0.39, 0.29) is 35.8 Å². The molecule has 4 heteroatoms. The van der Waals surface area contributed by atoms with Gasteiger partial charge in [-0.3, -0.25) is 4.79 Å². The van der Waals surface area contributed by atoms with Crippen LogP contribution in [-0.4, -0.2) is 29.4 Å². The summed E-state index contributed by atoms with van der Waals surface area (Å²) in [6.07, 6.45) is 4.20. The predicted molar refractivity (Wildman–Crippen MR) is 69.7 cm³/mol. The molecular formula is C12H25ClN2O. The normalized spacial score (nSPS) is 29.8. The summed E-state index contributed by atoms with van der Waals surface area (Å²) in [7, 11) is 1.87. The molecule has 2 unspecified atom stereocenters. The van der Waals surface area contributed by atoms with Crippen LogP contribution in [0, 0.1) is 5.92 Å². The second-order valence-electron chi connectivity index (χ2n) is 5.35. The molecule has 2 N–H and O–H groups in total. The van der Waals surface area contributed by atoms with Crippen LogP contribution in [0.3, 0.4) is 0 Å². The smallest absolute Gasteiger partial charge is 0.227 e. The maximum absolute atomic E-state index is 12.2. The molecule has 1 fully saturated rings. The lowest BCUT2D eigenvalue weighted by Crippen LogP contribution is -2.54. The van der Waals surface area contributed by atoms with Gasteiger partial charge in [0, 0.05) is 18.6 Å². The summed E-state index contributed by atoms with van der Waals surface area (Å²) in [4.78, 5) is 14.0. The number of rotatable bonds is 2. The lowest BCUT2D eigenvalue weighted by molar-refractivity contribution is -0.139. The van der Waals surface area contributed by atoms with E-state index in [1.807, 2.05) is 32.7 Å². The van der Waals surface area contributed by atoms with Crippen molar-refractivity contribution >= 4 is 18.3 Å². The lowest BCUT2D eigenvalue weighted by Gasteiger charge is -2.40. The highest BCUT2D eigenvalue weighted by molar-refractivity contribution is 5.85. The summed E-state index contributed by atoms with van der Waals surface area (Å²) in [6.45, 7) is 6.09. The zero-order chi connectivity index (χ0) is 11.6. The van der Waals surface area contributed by atoms with Crippen molar-refractivity contribution in [3.63, 3.8) is 0 Å². The summed E-state index contributed by atoms with van der Waals surface area (Å²) in [6, 6.07) is 0.259. The molecule has 1 rings (SSSR count). The van der Waals surface area contributed by atoms with Crippen LogP contribution in [0.4, 0.5) is 0 Å². The summed E-state index contributed by atoms with van der Waals surface area (Å²) in [5.41, 5.74) is 5.91. The lowest BCUT2D eigenvalue weighted by atomic mass is 9.74. The highest BCUT2D eigenvalue weighted by Crippen LogP contribution is 2.32. The van der Waals surface area contributed by atoms with Gasteiger partial charge in [-0.25, -0.2) is 0 Å². The van der Waals surface area contributed by atoms with Crippen molar-refractivity contribution in [2.45, 2.75) is 58.0 Å². The van der Waals surface area contributed by atoms with Gasteiger partial charge in [-0.15, -0.1) is 12.4 Å². The van der Waals surface area contributed by atoms with Crippen LogP contribution in [0.25, 0.3) is 0 Å². The first-order valence-electron chi connectivity index (χ1n) is 5.92. The Balaban J connectivity index is 0.00000225. The minimum absolute atomic E-state index is 0. The summed E-state index contributed by atoms with van der Waals surface area (Å²) < 4.78 is 0. The number of carbonyl (C=O) groups is 1. The molecule has 0 aromatic heterocycles. The van der Waals surface area contributed by atoms with Crippen LogP contribution < -0.4 is 5.73 Å². The molecule has 1 aliphatic carbocycles. The second kappa shape index (κ2) is 5.87. The Morgan fingerprint density at radius 2 is 2.00 bits per heavy atom. The van der Waals surface area contributed by atoms with Crippen LogP contribution in [0.2, 0.25) is 0 Å². The Morgan fingerprint density at radius 1 is 1.44 bits per heavy atom. The number of hydrogen-bond donors (Lipinski definition) is 1. The summed E-state index contributed by atoms with van der Waals surface area (Å²) >= 11 is 0. The standard InChI is InChI=1S/C12H24N2O.ClH/c1-9(2)14(4)11(15)10-7-5-6-8-12(10,3)13;/h9-10H,5-8,13H2,1-4H3;1H. The fourth-order valence-corrected chi connectivity index (χ4v) is 2.26. The van der Waals surface area contributed by atoms with Crippen LogP contribution in [0.5, 0.6) is 0 Å². The van der Waals surface area contributed by atoms with Gasteiger partial charge in [-0.1, -0.05) is 12.8 Å². The molecule has 16 heavy (non-hydrogen) atoms. The second-order valence-corrected chi connectivity index (χ2v) is 5.35. The highest BCUT2D eigenvalue weighted by atomic mass is 35.5. The minimum Gasteiger partial charge on any atom is -0.343 e. The van der Waals surface area contributed by atoms with E-state index >= 15 is 0 Å². The van der Waals surface area contributed by atoms with Crippen LogP contribution >= 0.6 is 12.4 Å². The van der Waals surface area contributed by atoms with E-state index in [2.05, 4.69) is 0 Å². The molecule has 1 amide bonds.